The van der Waals surface area contributed by atoms with E-state index in [2.05, 4.69) is 5.32 Å². The first kappa shape index (κ1) is 29.6. The molecule has 3 rings (SSSR count). The van der Waals surface area contributed by atoms with Gasteiger partial charge in [-0.05, 0) is 74.4 Å². The molecule has 0 radical (unpaired) electrons. The minimum absolute atomic E-state index is 0.0701. The monoisotopic (exact) mass is 555 g/mol. The third-order valence-corrected chi connectivity index (χ3v) is 8.02. The first-order valence-electron chi connectivity index (χ1n) is 12.6. The average molecular weight is 556 g/mol. The highest BCUT2D eigenvalue weighted by Crippen LogP contribution is 2.26. The molecule has 8 nitrogen and oxygen atoms in total. The normalized spacial score (nSPS) is 11.9. The van der Waals surface area contributed by atoms with Crippen molar-refractivity contribution in [3.8, 4) is 5.75 Å². The number of rotatable bonds is 12. The average Bonchev–Trinajstić information content (AvgIpc) is 2.94. The van der Waals surface area contributed by atoms with Crippen molar-refractivity contribution in [2.45, 2.75) is 44.7 Å². The Hall–Kier alpha value is -3.92. The Bertz CT molecular complexity index is 1360. The summed E-state index contributed by atoms with van der Waals surface area (Å²) in [5.74, 6) is -1.01. The summed E-state index contributed by atoms with van der Waals surface area (Å²) < 4.78 is 47.3. The van der Waals surface area contributed by atoms with Gasteiger partial charge in [-0.25, -0.2) is 12.8 Å². The summed E-state index contributed by atoms with van der Waals surface area (Å²) in [7, 11) is -2.79. The van der Waals surface area contributed by atoms with Crippen molar-refractivity contribution in [3.05, 3.63) is 89.7 Å². The molecule has 1 N–H and O–H groups in total. The van der Waals surface area contributed by atoms with Crippen LogP contribution in [-0.4, -0.2) is 51.4 Å². The molecule has 0 aliphatic carbocycles. The number of nitrogens with one attached hydrogen (secondary N) is 1. The summed E-state index contributed by atoms with van der Waals surface area (Å²) in [6.45, 7) is 5.42. The standard InChI is InChI=1S/C29H34FN3O5S/c1-5-18-31-29(35)22(3)32(19-23-8-6-21(2)7-9-23)28(34)20-33(25-12-10-24(30)11-13-25)39(36,37)27-16-14-26(38-4)15-17-27/h6-17,22H,5,18-20H2,1-4H3,(H,31,35)/t22-/m0/s1. The van der Waals surface area contributed by atoms with E-state index in [0.29, 0.717) is 12.3 Å². The number of amides is 2. The number of ether oxygens (including phenoxy) is 1. The number of benzene rings is 3. The molecule has 10 heteroatoms. The number of carbonyl (C=O) groups is 2. The summed E-state index contributed by atoms with van der Waals surface area (Å²) in [5.41, 5.74) is 1.94. The number of aryl methyl sites for hydroxylation is 1. The van der Waals surface area contributed by atoms with Gasteiger partial charge in [0, 0.05) is 13.1 Å². The lowest BCUT2D eigenvalue weighted by Crippen LogP contribution is -2.51. The van der Waals surface area contributed by atoms with Gasteiger partial charge in [0.1, 0.15) is 24.2 Å². The number of halogens is 1. The smallest absolute Gasteiger partial charge is 0.264 e. The van der Waals surface area contributed by atoms with Crippen molar-refractivity contribution in [3.63, 3.8) is 0 Å². The van der Waals surface area contributed by atoms with Crippen molar-refractivity contribution in [1.82, 2.24) is 10.2 Å². The van der Waals surface area contributed by atoms with E-state index < -0.39 is 34.3 Å². The summed E-state index contributed by atoms with van der Waals surface area (Å²) >= 11 is 0. The van der Waals surface area contributed by atoms with Crippen molar-refractivity contribution < 1.29 is 27.1 Å². The Morgan fingerprint density at radius 2 is 1.59 bits per heavy atom. The minimum atomic E-state index is -4.25. The van der Waals surface area contributed by atoms with Gasteiger partial charge in [-0.3, -0.25) is 13.9 Å². The zero-order valence-corrected chi connectivity index (χ0v) is 23.4. The van der Waals surface area contributed by atoms with Crippen molar-refractivity contribution >= 4 is 27.5 Å². The Morgan fingerprint density at radius 1 is 0.974 bits per heavy atom. The van der Waals surface area contributed by atoms with Gasteiger partial charge >= 0.3 is 0 Å². The van der Waals surface area contributed by atoms with Gasteiger partial charge in [-0.2, -0.15) is 0 Å². The van der Waals surface area contributed by atoms with Crippen molar-refractivity contribution in [2.24, 2.45) is 0 Å². The van der Waals surface area contributed by atoms with E-state index >= 15 is 0 Å². The lowest BCUT2D eigenvalue weighted by molar-refractivity contribution is -0.139. The van der Waals surface area contributed by atoms with Crippen molar-refractivity contribution in [1.29, 1.82) is 0 Å². The van der Waals surface area contributed by atoms with E-state index in [-0.39, 0.29) is 23.0 Å². The molecular formula is C29H34FN3O5S. The highest BCUT2D eigenvalue weighted by molar-refractivity contribution is 7.92. The van der Waals surface area contributed by atoms with E-state index in [9.17, 15) is 22.4 Å². The quantitative estimate of drug-likeness (QED) is 0.360. The molecule has 3 aromatic carbocycles. The molecule has 0 saturated carbocycles. The molecule has 0 heterocycles. The predicted octanol–water partition coefficient (Wildman–Crippen LogP) is 4.28. The summed E-state index contributed by atoms with van der Waals surface area (Å²) in [6.07, 6.45) is 0.725. The lowest BCUT2D eigenvalue weighted by atomic mass is 10.1. The molecule has 208 valence electrons. The van der Waals surface area contributed by atoms with E-state index in [1.165, 1.54) is 48.4 Å². The number of nitrogens with zero attached hydrogens (tertiary/aromatic N) is 2. The number of hydrogen-bond acceptors (Lipinski definition) is 5. The predicted molar refractivity (Wildman–Crippen MR) is 148 cm³/mol. The fraction of sp³-hybridized carbons (Fsp3) is 0.310. The lowest BCUT2D eigenvalue weighted by Gasteiger charge is -2.32. The second kappa shape index (κ2) is 13.2. The van der Waals surface area contributed by atoms with Crippen LogP contribution in [0.4, 0.5) is 10.1 Å². The van der Waals surface area contributed by atoms with Gasteiger partial charge in [0.15, 0.2) is 0 Å². The van der Waals surface area contributed by atoms with Crippen LogP contribution in [0.1, 0.15) is 31.4 Å². The number of sulfonamides is 1. The van der Waals surface area contributed by atoms with Gasteiger partial charge in [0.2, 0.25) is 11.8 Å². The SMILES string of the molecule is CCCNC(=O)[C@H](C)N(Cc1ccc(C)cc1)C(=O)CN(c1ccc(F)cc1)S(=O)(=O)c1ccc(OC)cc1. The van der Waals surface area contributed by atoms with Crippen LogP contribution in [0, 0.1) is 12.7 Å². The third-order valence-electron chi connectivity index (χ3n) is 6.23. The highest BCUT2D eigenvalue weighted by Gasteiger charge is 2.32. The van der Waals surface area contributed by atoms with E-state index in [4.69, 9.17) is 4.74 Å². The molecule has 0 spiro atoms. The van der Waals surface area contributed by atoms with Crippen molar-refractivity contribution in [2.75, 3.05) is 24.5 Å². The van der Waals surface area contributed by atoms with E-state index in [0.717, 1.165) is 34.0 Å². The first-order valence-corrected chi connectivity index (χ1v) is 14.1. The van der Waals surface area contributed by atoms with Gasteiger partial charge in [-0.1, -0.05) is 36.8 Å². The summed E-state index contributed by atoms with van der Waals surface area (Å²) in [4.78, 5) is 28.0. The molecule has 39 heavy (non-hydrogen) atoms. The second-order valence-corrected chi connectivity index (χ2v) is 11.0. The third kappa shape index (κ3) is 7.57. The zero-order valence-electron chi connectivity index (χ0n) is 22.6. The maximum atomic E-state index is 13.8. The molecule has 0 aromatic heterocycles. The molecule has 0 saturated heterocycles. The molecule has 0 bridgehead atoms. The van der Waals surface area contributed by atoms with Crippen LogP contribution in [0.25, 0.3) is 0 Å². The number of carbonyl (C=O) groups excluding carboxylic acids is 2. The topological polar surface area (TPSA) is 96.0 Å². The zero-order chi connectivity index (χ0) is 28.6. The Morgan fingerprint density at radius 3 is 2.15 bits per heavy atom. The number of hydrogen-bond donors (Lipinski definition) is 1. The summed E-state index contributed by atoms with van der Waals surface area (Å²) in [5, 5.41) is 2.80. The largest absolute Gasteiger partial charge is 0.497 e. The van der Waals surface area contributed by atoms with Gasteiger partial charge in [0.05, 0.1) is 17.7 Å². The van der Waals surface area contributed by atoms with Crippen LogP contribution < -0.4 is 14.4 Å². The van der Waals surface area contributed by atoms with Crippen LogP contribution >= 0.6 is 0 Å². The fourth-order valence-electron chi connectivity index (χ4n) is 3.88. The van der Waals surface area contributed by atoms with Crippen LogP contribution in [-0.2, 0) is 26.2 Å². The molecule has 0 unspecified atom stereocenters. The van der Waals surface area contributed by atoms with Gasteiger partial charge in [-0.15, -0.1) is 0 Å². The molecule has 3 aromatic rings. The van der Waals surface area contributed by atoms with Crippen LogP contribution in [0.5, 0.6) is 5.75 Å². The number of anilines is 1. The van der Waals surface area contributed by atoms with E-state index in [1.807, 2.05) is 38.1 Å². The van der Waals surface area contributed by atoms with Crippen LogP contribution in [0.2, 0.25) is 0 Å². The Balaban J connectivity index is 2.00. The van der Waals surface area contributed by atoms with E-state index in [1.54, 1.807) is 6.92 Å². The molecule has 1 atom stereocenters. The second-order valence-electron chi connectivity index (χ2n) is 9.14. The van der Waals surface area contributed by atoms with Gasteiger partial charge in [0.25, 0.3) is 10.0 Å². The molecule has 0 aliphatic rings. The minimum Gasteiger partial charge on any atom is -0.497 e. The molecule has 2 amide bonds. The molecule has 0 aliphatic heterocycles. The maximum Gasteiger partial charge on any atom is 0.264 e. The first-order chi connectivity index (χ1) is 18.6. The molecule has 0 fully saturated rings. The molecular weight excluding hydrogens is 521 g/mol. The highest BCUT2D eigenvalue weighted by atomic mass is 32.2. The van der Waals surface area contributed by atoms with Crippen LogP contribution in [0.15, 0.2) is 77.7 Å². The van der Waals surface area contributed by atoms with Gasteiger partial charge < -0.3 is 15.0 Å². The number of methoxy groups -OCH3 is 1. The fourth-order valence-corrected chi connectivity index (χ4v) is 5.29. The summed E-state index contributed by atoms with van der Waals surface area (Å²) in [6, 6.07) is 17.2. The van der Waals surface area contributed by atoms with Crippen LogP contribution in [0.3, 0.4) is 0 Å². The Labute approximate surface area is 229 Å². The maximum absolute atomic E-state index is 13.8. The Kier molecular flexibility index (Phi) is 10.1.